The zero-order chi connectivity index (χ0) is 14.8. The van der Waals surface area contributed by atoms with Crippen LogP contribution in [0, 0.1) is 5.82 Å². The van der Waals surface area contributed by atoms with Gasteiger partial charge in [0, 0.05) is 6.54 Å². The van der Waals surface area contributed by atoms with Crippen molar-refractivity contribution in [2.75, 3.05) is 11.9 Å². The molecule has 0 saturated carbocycles. The molecule has 0 aliphatic carbocycles. The van der Waals surface area contributed by atoms with Crippen LogP contribution in [0.2, 0.25) is 5.02 Å². The fraction of sp³-hybridized carbons (Fsp3) is 0.143. The number of aliphatic hydroxyl groups excluding tert-OH is 1. The molecular weight excluding hydrogens is 313 g/mol. The zero-order valence-electron chi connectivity index (χ0n) is 10.8. The van der Waals surface area contributed by atoms with E-state index in [0.29, 0.717) is 21.8 Å². The summed E-state index contributed by atoms with van der Waals surface area (Å²) in [6.45, 7) is 0.238. The number of hydrogen-bond donors (Lipinski definition) is 2. The highest BCUT2D eigenvalue weighted by molar-refractivity contribution is 7.00. The second kappa shape index (κ2) is 5.93. The summed E-state index contributed by atoms with van der Waals surface area (Å²) in [4.78, 5) is 0. The first kappa shape index (κ1) is 14.2. The zero-order valence-corrected chi connectivity index (χ0v) is 12.3. The van der Waals surface area contributed by atoms with Gasteiger partial charge in [-0.2, -0.15) is 8.75 Å². The number of rotatable bonds is 4. The van der Waals surface area contributed by atoms with E-state index >= 15 is 0 Å². The molecular formula is C14H11ClFN3OS. The summed E-state index contributed by atoms with van der Waals surface area (Å²) >= 11 is 7.26. The second-order valence-corrected chi connectivity index (χ2v) is 5.44. The van der Waals surface area contributed by atoms with Crippen LogP contribution >= 0.6 is 23.3 Å². The summed E-state index contributed by atoms with van der Waals surface area (Å²) in [5, 5.41) is 13.7. The Hall–Kier alpha value is -1.76. The van der Waals surface area contributed by atoms with Gasteiger partial charge in [0.05, 0.1) is 28.5 Å². The average molecular weight is 324 g/mol. The molecule has 0 spiro atoms. The van der Waals surface area contributed by atoms with Gasteiger partial charge >= 0.3 is 0 Å². The third-order valence-electron chi connectivity index (χ3n) is 3.10. The van der Waals surface area contributed by atoms with Gasteiger partial charge < -0.3 is 10.4 Å². The summed E-state index contributed by atoms with van der Waals surface area (Å²) in [6.07, 6.45) is -0.775. The lowest BCUT2D eigenvalue weighted by Gasteiger charge is -2.14. The van der Waals surface area contributed by atoms with E-state index in [2.05, 4.69) is 14.1 Å². The number of anilines is 1. The normalized spacial score (nSPS) is 12.5. The maximum absolute atomic E-state index is 12.9. The molecule has 2 aromatic carbocycles. The molecule has 108 valence electrons. The van der Waals surface area contributed by atoms with E-state index in [1.165, 1.54) is 12.1 Å². The first-order valence-electron chi connectivity index (χ1n) is 6.23. The lowest BCUT2D eigenvalue weighted by molar-refractivity contribution is 0.191. The highest BCUT2D eigenvalue weighted by Gasteiger charge is 2.12. The molecule has 21 heavy (non-hydrogen) atoms. The molecule has 0 saturated heterocycles. The monoisotopic (exact) mass is 323 g/mol. The molecule has 1 unspecified atom stereocenters. The molecule has 0 bridgehead atoms. The van der Waals surface area contributed by atoms with Crippen molar-refractivity contribution in [3.63, 3.8) is 0 Å². The minimum atomic E-state index is -0.775. The van der Waals surface area contributed by atoms with Crippen LogP contribution in [0.1, 0.15) is 11.7 Å². The Morgan fingerprint density at radius 2 is 1.95 bits per heavy atom. The molecule has 0 fully saturated rings. The van der Waals surface area contributed by atoms with Crippen LogP contribution in [0.25, 0.3) is 11.0 Å². The van der Waals surface area contributed by atoms with E-state index in [1.807, 2.05) is 0 Å². The number of aromatic nitrogens is 2. The Balaban J connectivity index is 1.78. The molecule has 4 nitrogen and oxygen atoms in total. The number of aliphatic hydroxyl groups is 1. The molecule has 0 aliphatic heterocycles. The van der Waals surface area contributed by atoms with Gasteiger partial charge in [0.2, 0.25) is 0 Å². The van der Waals surface area contributed by atoms with Crippen LogP contribution in [-0.2, 0) is 0 Å². The van der Waals surface area contributed by atoms with Crippen molar-refractivity contribution in [2.24, 2.45) is 0 Å². The standard InChI is InChI=1S/C14H11ClFN3OS/c15-10-5-6-11-14(19-21-18-11)13(10)17-7-12(20)8-1-3-9(16)4-2-8/h1-6,12,17,20H,7H2. The van der Waals surface area contributed by atoms with Crippen molar-refractivity contribution in [1.29, 1.82) is 0 Å². The molecule has 7 heteroatoms. The second-order valence-electron chi connectivity index (χ2n) is 4.50. The van der Waals surface area contributed by atoms with E-state index in [0.717, 1.165) is 17.2 Å². The van der Waals surface area contributed by atoms with E-state index in [1.54, 1.807) is 24.3 Å². The van der Waals surface area contributed by atoms with Crippen LogP contribution in [0.4, 0.5) is 10.1 Å². The van der Waals surface area contributed by atoms with Crippen molar-refractivity contribution in [1.82, 2.24) is 8.75 Å². The maximum atomic E-state index is 12.9. The number of hydrogen-bond acceptors (Lipinski definition) is 5. The van der Waals surface area contributed by atoms with Gasteiger partial charge in [-0.1, -0.05) is 23.7 Å². The lowest BCUT2D eigenvalue weighted by atomic mass is 10.1. The third kappa shape index (κ3) is 2.97. The number of fused-ring (bicyclic) bond motifs is 1. The number of nitrogens with zero attached hydrogens (tertiary/aromatic N) is 2. The Morgan fingerprint density at radius 1 is 1.19 bits per heavy atom. The molecule has 0 amide bonds. The predicted octanol–water partition coefficient (Wildman–Crippen LogP) is 3.63. The van der Waals surface area contributed by atoms with Gasteiger partial charge in [0.15, 0.2) is 0 Å². The Bertz CT molecular complexity index is 763. The van der Waals surface area contributed by atoms with Gasteiger partial charge in [-0.25, -0.2) is 4.39 Å². The first-order chi connectivity index (χ1) is 10.1. The highest BCUT2D eigenvalue weighted by atomic mass is 35.5. The van der Waals surface area contributed by atoms with Crippen molar-refractivity contribution in [2.45, 2.75) is 6.10 Å². The molecule has 2 N–H and O–H groups in total. The van der Waals surface area contributed by atoms with Gasteiger partial charge in [0.25, 0.3) is 0 Å². The van der Waals surface area contributed by atoms with Crippen LogP contribution in [0.3, 0.4) is 0 Å². The Kier molecular flexibility index (Phi) is 4.01. The maximum Gasteiger partial charge on any atom is 0.129 e. The minimum absolute atomic E-state index is 0.238. The van der Waals surface area contributed by atoms with E-state index in [-0.39, 0.29) is 12.4 Å². The Labute approximate surface area is 129 Å². The fourth-order valence-corrected chi connectivity index (χ4v) is 2.76. The highest BCUT2D eigenvalue weighted by Crippen LogP contribution is 2.30. The average Bonchev–Trinajstić information content (AvgIpc) is 2.95. The quantitative estimate of drug-likeness (QED) is 0.769. The largest absolute Gasteiger partial charge is 0.387 e. The molecule has 3 aromatic rings. The van der Waals surface area contributed by atoms with Gasteiger partial charge in [-0.05, 0) is 29.8 Å². The summed E-state index contributed by atoms with van der Waals surface area (Å²) in [5.74, 6) is -0.333. The fourth-order valence-electron chi connectivity index (χ4n) is 2.00. The van der Waals surface area contributed by atoms with Crippen molar-refractivity contribution in [3.8, 4) is 0 Å². The molecule has 3 rings (SSSR count). The molecule has 1 aromatic heterocycles. The van der Waals surface area contributed by atoms with Gasteiger partial charge in [-0.15, -0.1) is 0 Å². The number of halogens is 2. The van der Waals surface area contributed by atoms with Crippen LogP contribution in [0.15, 0.2) is 36.4 Å². The van der Waals surface area contributed by atoms with Crippen LogP contribution < -0.4 is 5.32 Å². The SMILES string of the molecule is OC(CNc1c(Cl)ccc2nsnc12)c1ccc(F)cc1. The smallest absolute Gasteiger partial charge is 0.129 e. The lowest BCUT2D eigenvalue weighted by Crippen LogP contribution is -2.12. The summed E-state index contributed by atoms with van der Waals surface area (Å²) in [5.41, 5.74) is 2.70. The van der Waals surface area contributed by atoms with Gasteiger partial charge in [-0.3, -0.25) is 0 Å². The third-order valence-corrected chi connectivity index (χ3v) is 3.96. The van der Waals surface area contributed by atoms with Crippen molar-refractivity contribution < 1.29 is 9.50 Å². The van der Waals surface area contributed by atoms with Gasteiger partial charge in [0.1, 0.15) is 16.9 Å². The predicted molar refractivity (Wildman–Crippen MR) is 82.3 cm³/mol. The minimum Gasteiger partial charge on any atom is -0.387 e. The van der Waals surface area contributed by atoms with Crippen LogP contribution in [0.5, 0.6) is 0 Å². The van der Waals surface area contributed by atoms with E-state index in [4.69, 9.17) is 11.6 Å². The van der Waals surface area contributed by atoms with E-state index < -0.39 is 6.10 Å². The van der Waals surface area contributed by atoms with Crippen molar-refractivity contribution >= 4 is 40.0 Å². The summed E-state index contributed by atoms with van der Waals surface area (Å²) < 4.78 is 21.2. The topological polar surface area (TPSA) is 58.0 Å². The summed E-state index contributed by atoms with van der Waals surface area (Å²) in [7, 11) is 0. The van der Waals surface area contributed by atoms with Crippen molar-refractivity contribution in [3.05, 3.63) is 52.8 Å². The summed E-state index contributed by atoms with van der Waals surface area (Å²) in [6, 6.07) is 9.26. The van der Waals surface area contributed by atoms with E-state index in [9.17, 15) is 9.50 Å². The Morgan fingerprint density at radius 3 is 2.71 bits per heavy atom. The molecule has 0 radical (unpaired) electrons. The molecule has 1 atom stereocenters. The molecule has 1 heterocycles. The molecule has 0 aliphatic rings. The number of benzene rings is 2. The van der Waals surface area contributed by atoms with Crippen LogP contribution in [-0.4, -0.2) is 20.4 Å². The number of nitrogens with one attached hydrogen (secondary N) is 1. The first-order valence-corrected chi connectivity index (χ1v) is 7.34.